The molecular weight excluding hydrogens is 396 g/mol. The van der Waals surface area contributed by atoms with Crippen LogP contribution >= 0.6 is 0 Å². The fourth-order valence-corrected chi connectivity index (χ4v) is 4.95. The van der Waals surface area contributed by atoms with Crippen molar-refractivity contribution >= 4 is 23.0 Å². The van der Waals surface area contributed by atoms with E-state index in [0.717, 1.165) is 12.5 Å². The number of para-hydroxylation sites is 2. The van der Waals surface area contributed by atoms with E-state index >= 15 is 0 Å². The number of nitrogens with zero attached hydrogens (tertiary/aromatic N) is 2. The van der Waals surface area contributed by atoms with Crippen LogP contribution in [0.4, 0.5) is 17.1 Å². The van der Waals surface area contributed by atoms with Gasteiger partial charge in [0.1, 0.15) is 0 Å². The van der Waals surface area contributed by atoms with Crippen LogP contribution in [0, 0.1) is 11.3 Å². The van der Waals surface area contributed by atoms with E-state index in [9.17, 15) is 4.79 Å². The molecule has 0 unspecified atom stereocenters. The molecule has 0 radical (unpaired) electrons. The van der Waals surface area contributed by atoms with Crippen LogP contribution in [0.3, 0.4) is 0 Å². The summed E-state index contributed by atoms with van der Waals surface area (Å²) in [4.78, 5) is 18.0. The van der Waals surface area contributed by atoms with Crippen molar-refractivity contribution in [1.82, 2.24) is 4.90 Å². The van der Waals surface area contributed by atoms with Gasteiger partial charge in [-0.2, -0.15) is 0 Å². The van der Waals surface area contributed by atoms with Crippen LogP contribution in [0.25, 0.3) is 0 Å². The van der Waals surface area contributed by atoms with Gasteiger partial charge in [-0.1, -0.05) is 19.1 Å². The van der Waals surface area contributed by atoms with Gasteiger partial charge in [0.2, 0.25) is 0 Å². The Morgan fingerprint density at radius 2 is 1.75 bits per heavy atom. The van der Waals surface area contributed by atoms with E-state index in [0.29, 0.717) is 28.4 Å². The maximum atomic E-state index is 12.7. The van der Waals surface area contributed by atoms with Gasteiger partial charge in [0.05, 0.1) is 11.4 Å². The minimum Gasteiger partial charge on any atom is -0.397 e. The minimum atomic E-state index is -0.120. The lowest BCUT2D eigenvalue weighted by atomic mass is 9.99. The van der Waals surface area contributed by atoms with E-state index in [4.69, 9.17) is 5.73 Å². The van der Waals surface area contributed by atoms with E-state index in [1.165, 1.54) is 63.8 Å². The number of likely N-dealkylation sites (tertiary alicyclic amines) is 1. The molecule has 1 saturated heterocycles. The molecule has 1 amide bonds. The number of hydrogen-bond donors (Lipinski definition) is 2. The Hall–Kier alpha value is -2.53. The SMILES string of the molecule is CC1(CN2CCC(N(CC3CC3)c3ccc(C(=O)Nc4ccccc4N)cc3)CC2)CC1. The Morgan fingerprint density at radius 3 is 2.38 bits per heavy atom. The predicted molar refractivity (Wildman–Crippen MR) is 132 cm³/mol. The van der Waals surface area contributed by atoms with Crippen LogP contribution in [0.15, 0.2) is 48.5 Å². The molecule has 2 saturated carbocycles. The fourth-order valence-electron chi connectivity index (χ4n) is 4.95. The van der Waals surface area contributed by atoms with Gasteiger partial charge in [0, 0.05) is 43.5 Å². The van der Waals surface area contributed by atoms with Crippen molar-refractivity contribution in [2.45, 2.75) is 51.5 Å². The van der Waals surface area contributed by atoms with Crippen LogP contribution in [0.5, 0.6) is 0 Å². The molecule has 1 heterocycles. The summed E-state index contributed by atoms with van der Waals surface area (Å²) in [5.74, 6) is 0.715. The highest BCUT2D eigenvalue weighted by Crippen LogP contribution is 2.46. The Balaban J connectivity index is 1.24. The number of anilines is 3. The number of piperidine rings is 1. The van der Waals surface area contributed by atoms with Crippen LogP contribution in [0.2, 0.25) is 0 Å². The summed E-state index contributed by atoms with van der Waals surface area (Å²) in [6, 6.07) is 16.1. The maximum absolute atomic E-state index is 12.7. The van der Waals surface area contributed by atoms with Crippen molar-refractivity contribution < 1.29 is 4.79 Å². The number of nitrogens with one attached hydrogen (secondary N) is 1. The molecular formula is C27H36N4O. The zero-order valence-electron chi connectivity index (χ0n) is 19.2. The monoisotopic (exact) mass is 432 g/mol. The maximum Gasteiger partial charge on any atom is 0.255 e. The lowest BCUT2D eigenvalue weighted by Crippen LogP contribution is -2.47. The summed E-state index contributed by atoms with van der Waals surface area (Å²) < 4.78 is 0. The topological polar surface area (TPSA) is 61.6 Å². The highest BCUT2D eigenvalue weighted by atomic mass is 16.1. The first-order valence-electron chi connectivity index (χ1n) is 12.2. The second-order valence-electron chi connectivity index (χ2n) is 10.5. The zero-order valence-corrected chi connectivity index (χ0v) is 19.2. The summed E-state index contributed by atoms with van der Waals surface area (Å²) >= 11 is 0. The normalized spacial score (nSPS) is 20.7. The van der Waals surface area contributed by atoms with Crippen molar-refractivity contribution in [3.63, 3.8) is 0 Å². The fraction of sp³-hybridized carbons (Fsp3) is 0.519. The quantitative estimate of drug-likeness (QED) is 0.576. The first-order chi connectivity index (χ1) is 15.5. The molecule has 2 aliphatic carbocycles. The molecule has 3 fully saturated rings. The van der Waals surface area contributed by atoms with Gasteiger partial charge in [-0.15, -0.1) is 0 Å². The highest BCUT2D eigenvalue weighted by molar-refractivity contribution is 6.05. The van der Waals surface area contributed by atoms with E-state index < -0.39 is 0 Å². The zero-order chi connectivity index (χ0) is 22.1. The lowest BCUT2D eigenvalue weighted by Gasteiger charge is -2.41. The van der Waals surface area contributed by atoms with Gasteiger partial charge in [-0.3, -0.25) is 4.79 Å². The van der Waals surface area contributed by atoms with Gasteiger partial charge in [0.25, 0.3) is 5.91 Å². The third kappa shape index (κ3) is 5.09. The molecule has 0 spiro atoms. The molecule has 5 nitrogen and oxygen atoms in total. The summed E-state index contributed by atoms with van der Waals surface area (Å²) in [6.07, 6.45) is 7.98. The number of nitrogen functional groups attached to an aromatic ring is 1. The molecule has 3 aliphatic rings. The number of hydrogen-bond acceptors (Lipinski definition) is 4. The van der Waals surface area contributed by atoms with Crippen LogP contribution < -0.4 is 16.0 Å². The van der Waals surface area contributed by atoms with Crippen molar-refractivity contribution in [1.29, 1.82) is 0 Å². The van der Waals surface area contributed by atoms with Crippen molar-refractivity contribution in [3.05, 3.63) is 54.1 Å². The second kappa shape index (κ2) is 8.78. The van der Waals surface area contributed by atoms with Crippen molar-refractivity contribution in [3.8, 4) is 0 Å². The molecule has 0 atom stereocenters. The average Bonchev–Trinajstić information content (AvgIpc) is 3.73. The molecule has 0 aromatic heterocycles. The molecule has 1 aliphatic heterocycles. The summed E-state index contributed by atoms with van der Waals surface area (Å²) in [5.41, 5.74) is 9.71. The summed E-state index contributed by atoms with van der Waals surface area (Å²) in [7, 11) is 0. The average molecular weight is 433 g/mol. The number of amides is 1. The first-order valence-corrected chi connectivity index (χ1v) is 12.2. The standard InChI is InChI=1S/C27H36N4O/c1-27(14-15-27)19-30-16-12-23(13-17-30)31(18-20-6-7-20)22-10-8-21(9-11-22)26(32)29-25-5-3-2-4-24(25)28/h2-5,8-11,20,23H,6-7,12-19,28H2,1H3,(H,29,32). The molecule has 32 heavy (non-hydrogen) atoms. The van der Waals surface area contributed by atoms with Gasteiger partial charge in [0.15, 0.2) is 0 Å². The van der Waals surface area contributed by atoms with E-state index in [-0.39, 0.29) is 5.91 Å². The van der Waals surface area contributed by atoms with Gasteiger partial charge in [-0.25, -0.2) is 0 Å². The molecule has 170 valence electrons. The third-order valence-electron chi connectivity index (χ3n) is 7.53. The van der Waals surface area contributed by atoms with Gasteiger partial charge >= 0.3 is 0 Å². The summed E-state index contributed by atoms with van der Waals surface area (Å²) in [5, 5.41) is 2.93. The number of rotatable bonds is 8. The third-order valence-corrected chi connectivity index (χ3v) is 7.53. The van der Waals surface area contributed by atoms with Crippen molar-refractivity contribution in [2.24, 2.45) is 11.3 Å². The smallest absolute Gasteiger partial charge is 0.255 e. The number of carbonyl (C=O) groups excluding carboxylic acids is 1. The number of nitrogens with two attached hydrogens (primary N) is 1. The predicted octanol–water partition coefficient (Wildman–Crippen LogP) is 5.00. The second-order valence-corrected chi connectivity index (χ2v) is 10.5. The van der Waals surface area contributed by atoms with E-state index in [1.54, 1.807) is 6.07 Å². The lowest BCUT2D eigenvalue weighted by molar-refractivity contribution is 0.102. The first kappa shape index (κ1) is 21.3. The highest BCUT2D eigenvalue weighted by Gasteiger charge is 2.40. The molecule has 5 rings (SSSR count). The molecule has 5 heteroatoms. The van der Waals surface area contributed by atoms with Crippen LogP contribution in [-0.2, 0) is 0 Å². The van der Waals surface area contributed by atoms with E-state index in [1.807, 2.05) is 30.3 Å². The molecule has 2 aromatic rings. The van der Waals surface area contributed by atoms with Crippen LogP contribution in [-0.4, -0.2) is 43.0 Å². The number of benzene rings is 2. The molecule has 0 bridgehead atoms. The van der Waals surface area contributed by atoms with E-state index in [2.05, 4.69) is 34.2 Å². The largest absolute Gasteiger partial charge is 0.397 e. The molecule has 3 N–H and O–H groups in total. The van der Waals surface area contributed by atoms with Gasteiger partial charge < -0.3 is 20.9 Å². The van der Waals surface area contributed by atoms with Gasteiger partial charge in [-0.05, 0) is 86.3 Å². The Morgan fingerprint density at radius 1 is 1.06 bits per heavy atom. The summed E-state index contributed by atoms with van der Waals surface area (Å²) in [6.45, 7) is 7.27. The Kier molecular flexibility index (Phi) is 5.85. The Labute approximate surface area is 192 Å². The Bertz CT molecular complexity index is 940. The van der Waals surface area contributed by atoms with Crippen molar-refractivity contribution in [2.75, 3.05) is 42.1 Å². The van der Waals surface area contributed by atoms with Crippen LogP contribution in [0.1, 0.15) is 55.8 Å². The minimum absolute atomic E-state index is 0.120. The molecule has 2 aromatic carbocycles. The number of carbonyl (C=O) groups is 1.